The molecular weight excluding hydrogens is 617 g/mol. The van der Waals surface area contributed by atoms with Gasteiger partial charge in [0.15, 0.2) is 0 Å². The lowest BCUT2D eigenvalue weighted by Gasteiger charge is -2.27. The van der Waals surface area contributed by atoms with Gasteiger partial charge in [-0.15, -0.1) is 0 Å². The van der Waals surface area contributed by atoms with E-state index in [4.69, 9.17) is 0 Å². The molecule has 1 aliphatic carbocycles. The average Bonchev–Trinajstić information content (AvgIpc) is 3.62. The summed E-state index contributed by atoms with van der Waals surface area (Å²) in [4.78, 5) is 2.39. The molecule has 9 aromatic rings. The Kier molecular flexibility index (Phi) is 6.56. The molecule has 0 N–H and O–H groups in total. The maximum absolute atomic E-state index is 2.41. The molecule has 10 rings (SSSR count). The topological polar surface area (TPSA) is 8.17 Å². The molecule has 0 aliphatic heterocycles. The number of para-hydroxylation sites is 1. The molecule has 1 aliphatic rings. The average molecular weight is 653 g/mol. The lowest BCUT2D eigenvalue weighted by Crippen LogP contribution is -2.15. The molecule has 1 heterocycles. The minimum Gasteiger partial charge on any atom is -0.310 e. The number of rotatable bonds is 5. The lowest BCUT2D eigenvalue weighted by molar-refractivity contribution is 0.660. The summed E-state index contributed by atoms with van der Waals surface area (Å²) in [5.41, 5.74) is 14.7. The SMILES string of the molecule is CC1(C)c2ccccc2-c2cc(N(c3ccc(-c4ccccc4)cc3)c3ccc(-n4c5ccccc5c5cc6ccccc6cc54)cc3)ccc21. The highest BCUT2D eigenvalue weighted by Gasteiger charge is 2.35. The summed E-state index contributed by atoms with van der Waals surface area (Å²) >= 11 is 0. The fourth-order valence-corrected chi connectivity index (χ4v) is 8.41. The van der Waals surface area contributed by atoms with Gasteiger partial charge in [0.05, 0.1) is 11.0 Å². The molecule has 2 nitrogen and oxygen atoms in total. The Morgan fingerprint density at radius 3 is 1.78 bits per heavy atom. The van der Waals surface area contributed by atoms with Crippen molar-refractivity contribution in [3.63, 3.8) is 0 Å². The fourth-order valence-electron chi connectivity index (χ4n) is 8.41. The van der Waals surface area contributed by atoms with Crippen LogP contribution in [0.15, 0.2) is 182 Å². The van der Waals surface area contributed by atoms with E-state index in [0.717, 1.165) is 22.7 Å². The van der Waals surface area contributed by atoms with Gasteiger partial charge in [0.2, 0.25) is 0 Å². The number of fused-ring (bicyclic) bond motifs is 7. The zero-order valence-electron chi connectivity index (χ0n) is 28.7. The molecular formula is C49H36N2. The second-order valence-electron chi connectivity index (χ2n) is 14.2. The van der Waals surface area contributed by atoms with Crippen LogP contribution in [0.3, 0.4) is 0 Å². The first-order valence-electron chi connectivity index (χ1n) is 17.8. The third-order valence-corrected chi connectivity index (χ3v) is 11.0. The van der Waals surface area contributed by atoms with Gasteiger partial charge in [-0.1, -0.05) is 129 Å². The molecule has 0 atom stereocenters. The van der Waals surface area contributed by atoms with Gasteiger partial charge in [0.25, 0.3) is 0 Å². The maximum atomic E-state index is 2.41. The molecule has 0 saturated heterocycles. The van der Waals surface area contributed by atoms with Crippen molar-refractivity contribution >= 4 is 49.6 Å². The number of hydrogen-bond donors (Lipinski definition) is 0. The van der Waals surface area contributed by atoms with Crippen molar-refractivity contribution in [3.8, 4) is 27.9 Å². The van der Waals surface area contributed by atoms with Crippen molar-refractivity contribution in [2.24, 2.45) is 0 Å². The van der Waals surface area contributed by atoms with Gasteiger partial charge in [-0.25, -0.2) is 0 Å². The molecule has 0 bridgehead atoms. The van der Waals surface area contributed by atoms with Crippen molar-refractivity contribution in [2.45, 2.75) is 19.3 Å². The van der Waals surface area contributed by atoms with Gasteiger partial charge in [0.1, 0.15) is 0 Å². The van der Waals surface area contributed by atoms with E-state index >= 15 is 0 Å². The van der Waals surface area contributed by atoms with Crippen molar-refractivity contribution in [2.75, 3.05) is 4.90 Å². The molecule has 8 aromatic carbocycles. The Morgan fingerprint density at radius 1 is 0.412 bits per heavy atom. The fraction of sp³-hybridized carbons (Fsp3) is 0.0612. The van der Waals surface area contributed by atoms with Crippen LogP contribution in [0, 0.1) is 0 Å². The molecule has 0 saturated carbocycles. The third kappa shape index (κ3) is 4.64. The summed E-state index contributed by atoms with van der Waals surface area (Å²) in [6, 6.07) is 66.6. The van der Waals surface area contributed by atoms with E-state index in [1.54, 1.807) is 0 Å². The molecule has 0 amide bonds. The van der Waals surface area contributed by atoms with Gasteiger partial charge in [-0.3, -0.25) is 0 Å². The Balaban J connectivity index is 1.13. The summed E-state index contributed by atoms with van der Waals surface area (Å²) in [7, 11) is 0. The minimum atomic E-state index is -0.0398. The Morgan fingerprint density at radius 2 is 1.00 bits per heavy atom. The van der Waals surface area contributed by atoms with Crippen molar-refractivity contribution in [1.29, 1.82) is 0 Å². The normalized spacial score (nSPS) is 13.1. The van der Waals surface area contributed by atoms with E-state index in [0.29, 0.717) is 0 Å². The van der Waals surface area contributed by atoms with Gasteiger partial charge in [0, 0.05) is 38.9 Å². The molecule has 1 aromatic heterocycles. The van der Waals surface area contributed by atoms with E-state index in [9.17, 15) is 0 Å². The van der Waals surface area contributed by atoms with Crippen LogP contribution in [-0.4, -0.2) is 4.57 Å². The highest BCUT2D eigenvalue weighted by molar-refractivity contribution is 6.13. The molecule has 0 unspecified atom stereocenters. The van der Waals surface area contributed by atoms with Crippen molar-refractivity contribution in [3.05, 3.63) is 193 Å². The van der Waals surface area contributed by atoms with E-state index in [2.05, 4.69) is 205 Å². The van der Waals surface area contributed by atoms with Crippen LogP contribution >= 0.6 is 0 Å². The van der Waals surface area contributed by atoms with Gasteiger partial charge < -0.3 is 9.47 Å². The minimum absolute atomic E-state index is 0.0398. The van der Waals surface area contributed by atoms with Crippen LogP contribution in [0.1, 0.15) is 25.0 Å². The highest BCUT2D eigenvalue weighted by atomic mass is 15.1. The largest absolute Gasteiger partial charge is 0.310 e. The quantitative estimate of drug-likeness (QED) is 0.180. The summed E-state index contributed by atoms with van der Waals surface area (Å²) in [6.45, 7) is 4.68. The zero-order valence-corrected chi connectivity index (χ0v) is 28.7. The summed E-state index contributed by atoms with van der Waals surface area (Å²) < 4.78 is 2.41. The van der Waals surface area contributed by atoms with E-state index in [1.807, 2.05) is 0 Å². The zero-order chi connectivity index (χ0) is 34.1. The Bertz CT molecular complexity index is 2750. The molecule has 0 radical (unpaired) electrons. The van der Waals surface area contributed by atoms with Crippen molar-refractivity contribution < 1.29 is 0 Å². The van der Waals surface area contributed by atoms with Crippen LogP contribution in [0.2, 0.25) is 0 Å². The number of benzene rings is 8. The van der Waals surface area contributed by atoms with Crippen LogP contribution < -0.4 is 4.90 Å². The number of aromatic nitrogens is 1. The predicted molar refractivity (Wildman–Crippen MR) is 216 cm³/mol. The van der Waals surface area contributed by atoms with Crippen LogP contribution in [-0.2, 0) is 5.41 Å². The second-order valence-corrected chi connectivity index (χ2v) is 14.2. The first kappa shape index (κ1) is 29.5. The maximum Gasteiger partial charge on any atom is 0.0547 e. The third-order valence-electron chi connectivity index (χ3n) is 11.0. The summed E-state index contributed by atoms with van der Waals surface area (Å²) in [5.74, 6) is 0. The monoisotopic (exact) mass is 652 g/mol. The summed E-state index contributed by atoms with van der Waals surface area (Å²) in [6.07, 6.45) is 0. The first-order chi connectivity index (χ1) is 25.0. The first-order valence-corrected chi connectivity index (χ1v) is 17.8. The molecule has 0 spiro atoms. The van der Waals surface area contributed by atoms with Crippen LogP contribution in [0.4, 0.5) is 17.1 Å². The number of hydrogen-bond acceptors (Lipinski definition) is 1. The second kappa shape index (κ2) is 11.3. The van der Waals surface area contributed by atoms with Crippen LogP contribution in [0.5, 0.6) is 0 Å². The van der Waals surface area contributed by atoms with Gasteiger partial charge in [-0.05, 0) is 111 Å². The predicted octanol–water partition coefficient (Wildman–Crippen LogP) is 13.4. The van der Waals surface area contributed by atoms with Crippen LogP contribution in [0.25, 0.3) is 60.5 Å². The Hall–Kier alpha value is -6.38. The Labute approximate surface area is 298 Å². The molecule has 2 heteroatoms. The highest BCUT2D eigenvalue weighted by Crippen LogP contribution is 2.50. The van der Waals surface area contributed by atoms with Gasteiger partial charge >= 0.3 is 0 Å². The number of nitrogens with zero attached hydrogens (tertiary/aromatic N) is 2. The van der Waals surface area contributed by atoms with Crippen molar-refractivity contribution in [1.82, 2.24) is 4.57 Å². The van der Waals surface area contributed by atoms with E-state index in [1.165, 1.54) is 66.0 Å². The van der Waals surface area contributed by atoms with E-state index in [-0.39, 0.29) is 5.41 Å². The molecule has 0 fully saturated rings. The molecule has 51 heavy (non-hydrogen) atoms. The standard InChI is InChI=1S/C49H36N2/c1-49(2)45-18-10-8-16-41(45)43-32-40(28-29-46(43)49)50(37-22-20-34(21-23-37)33-12-4-3-5-13-33)38-24-26-39(27-25-38)51-47-19-11-9-17-42(47)44-30-35-14-6-7-15-36(35)31-48(44)51/h3-32H,1-2H3. The number of anilines is 3. The smallest absolute Gasteiger partial charge is 0.0547 e. The molecule has 242 valence electrons. The van der Waals surface area contributed by atoms with E-state index < -0.39 is 0 Å². The lowest BCUT2D eigenvalue weighted by atomic mass is 9.82. The van der Waals surface area contributed by atoms with Gasteiger partial charge in [-0.2, -0.15) is 0 Å². The summed E-state index contributed by atoms with van der Waals surface area (Å²) in [5, 5.41) is 5.05.